The Bertz CT molecular complexity index is 304. The summed E-state index contributed by atoms with van der Waals surface area (Å²) in [5.74, 6) is 2.11. The third-order valence-electron chi connectivity index (χ3n) is 3.75. The molecular weight excluding hydrogens is 214 g/mol. The molecule has 2 heterocycles. The van der Waals surface area contributed by atoms with Crippen molar-refractivity contribution < 1.29 is 4.79 Å². The molecule has 2 aliphatic rings. The smallest absolute Gasteiger partial charge is 0.298 e. The molecule has 2 aliphatic heterocycles. The van der Waals surface area contributed by atoms with Gasteiger partial charge in [0.05, 0.1) is 0 Å². The second-order valence-electron chi connectivity index (χ2n) is 4.82. The van der Waals surface area contributed by atoms with Crippen molar-refractivity contribution >= 4 is 5.91 Å². The molecule has 0 aromatic heterocycles. The van der Waals surface area contributed by atoms with Crippen LogP contribution in [0.5, 0.6) is 0 Å². The molecule has 0 aromatic carbocycles. The maximum Gasteiger partial charge on any atom is 0.298 e. The molecule has 1 N–H and O–H groups in total. The molecule has 4 heteroatoms. The third kappa shape index (κ3) is 3.21. The van der Waals surface area contributed by atoms with Gasteiger partial charge in [-0.25, -0.2) is 0 Å². The molecule has 0 radical (unpaired) electrons. The van der Waals surface area contributed by atoms with E-state index in [1.54, 1.807) is 0 Å². The van der Waals surface area contributed by atoms with Crippen LogP contribution in [-0.2, 0) is 4.79 Å². The monoisotopic (exact) mass is 235 g/mol. The van der Waals surface area contributed by atoms with Gasteiger partial charge in [-0.15, -0.1) is 6.42 Å². The first kappa shape index (κ1) is 12.4. The molecule has 2 saturated heterocycles. The zero-order chi connectivity index (χ0) is 12.1. The van der Waals surface area contributed by atoms with Crippen LogP contribution in [0.1, 0.15) is 19.3 Å². The second-order valence-corrected chi connectivity index (χ2v) is 4.82. The number of piperazine rings is 1. The van der Waals surface area contributed by atoms with Crippen molar-refractivity contribution in [3.63, 3.8) is 0 Å². The molecule has 1 amide bonds. The number of nitrogens with one attached hydrogen (secondary N) is 1. The summed E-state index contributed by atoms with van der Waals surface area (Å²) in [6.07, 6.45) is 8.46. The molecule has 2 rings (SSSR count). The van der Waals surface area contributed by atoms with E-state index in [2.05, 4.69) is 16.1 Å². The van der Waals surface area contributed by atoms with Gasteiger partial charge >= 0.3 is 0 Å². The van der Waals surface area contributed by atoms with Gasteiger partial charge in [0.15, 0.2) is 0 Å². The number of rotatable bonds is 3. The van der Waals surface area contributed by atoms with Crippen molar-refractivity contribution in [1.29, 1.82) is 0 Å². The van der Waals surface area contributed by atoms with Crippen LogP contribution in [0, 0.1) is 12.3 Å². The fraction of sp³-hybridized carbons (Fsp3) is 0.769. The highest BCUT2D eigenvalue weighted by Gasteiger charge is 2.27. The molecular formula is C13H21N3O. The van der Waals surface area contributed by atoms with Crippen molar-refractivity contribution in [2.45, 2.75) is 25.3 Å². The number of hydrogen-bond donors (Lipinski definition) is 1. The fourth-order valence-electron chi connectivity index (χ4n) is 2.75. The zero-order valence-electron chi connectivity index (χ0n) is 10.3. The minimum Gasteiger partial charge on any atom is -0.329 e. The normalized spacial score (nSPS) is 25.8. The number of amides is 1. The maximum absolute atomic E-state index is 11.5. The van der Waals surface area contributed by atoms with Gasteiger partial charge in [0.25, 0.3) is 5.91 Å². The summed E-state index contributed by atoms with van der Waals surface area (Å²) in [5.41, 5.74) is 0. The average Bonchev–Trinajstić information content (AvgIpc) is 2.85. The molecule has 0 aromatic rings. The van der Waals surface area contributed by atoms with Crippen LogP contribution in [0.4, 0.5) is 0 Å². The third-order valence-corrected chi connectivity index (χ3v) is 3.75. The Morgan fingerprint density at radius 1 is 1.35 bits per heavy atom. The Morgan fingerprint density at radius 3 is 2.82 bits per heavy atom. The molecule has 4 nitrogen and oxygen atoms in total. The van der Waals surface area contributed by atoms with E-state index in [1.165, 1.54) is 0 Å². The van der Waals surface area contributed by atoms with Crippen LogP contribution in [0.15, 0.2) is 0 Å². The summed E-state index contributed by atoms with van der Waals surface area (Å²) in [4.78, 5) is 15.9. The summed E-state index contributed by atoms with van der Waals surface area (Å²) in [6, 6.07) is 0.369. The molecule has 17 heavy (non-hydrogen) atoms. The van der Waals surface area contributed by atoms with Gasteiger partial charge in [0, 0.05) is 45.3 Å². The van der Waals surface area contributed by atoms with Crippen LogP contribution < -0.4 is 5.32 Å². The molecule has 1 atom stereocenters. The highest BCUT2D eigenvalue weighted by Crippen LogP contribution is 2.20. The van der Waals surface area contributed by atoms with E-state index in [0.717, 1.165) is 58.5 Å². The van der Waals surface area contributed by atoms with E-state index < -0.39 is 0 Å². The van der Waals surface area contributed by atoms with Crippen LogP contribution in [0.25, 0.3) is 0 Å². The maximum atomic E-state index is 11.5. The average molecular weight is 235 g/mol. The number of hydrogen-bond acceptors (Lipinski definition) is 3. The van der Waals surface area contributed by atoms with Crippen molar-refractivity contribution in [3.05, 3.63) is 0 Å². The molecule has 0 aliphatic carbocycles. The minimum atomic E-state index is -0.132. The quantitative estimate of drug-likeness (QED) is 0.694. The number of likely N-dealkylation sites (tertiary alicyclic amines) is 1. The SMILES string of the molecule is C#CC(=O)N1CCCC1CCN1CCNCC1. The summed E-state index contributed by atoms with van der Waals surface area (Å²) < 4.78 is 0. The van der Waals surface area contributed by atoms with Crippen molar-refractivity contribution in [2.24, 2.45) is 0 Å². The van der Waals surface area contributed by atoms with Gasteiger partial charge in [-0.2, -0.15) is 0 Å². The number of nitrogens with zero attached hydrogens (tertiary/aromatic N) is 2. The summed E-state index contributed by atoms with van der Waals surface area (Å²) >= 11 is 0. The Hall–Kier alpha value is -1.05. The zero-order valence-corrected chi connectivity index (χ0v) is 10.3. The van der Waals surface area contributed by atoms with Crippen LogP contribution in [0.2, 0.25) is 0 Å². The van der Waals surface area contributed by atoms with E-state index in [4.69, 9.17) is 6.42 Å². The predicted octanol–water partition coefficient (Wildman–Crippen LogP) is -0.0941. The van der Waals surface area contributed by atoms with Crippen molar-refractivity contribution in [1.82, 2.24) is 15.1 Å². The fourth-order valence-corrected chi connectivity index (χ4v) is 2.75. The molecule has 0 bridgehead atoms. The Balaban J connectivity index is 1.77. The van der Waals surface area contributed by atoms with Gasteiger partial charge in [0.1, 0.15) is 0 Å². The topological polar surface area (TPSA) is 35.6 Å². The lowest BCUT2D eigenvalue weighted by Crippen LogP contribution is -2.45. The van der Waals surface area contributed by atoms with Crippen molar-refractivity contribution in [3.8, 4) is 12.3 Å². The van der Waals surface area contributed by atoms with Gasteiger partial charge in [-0.3, -0.25) is 4.79 Å². The Labute approximate surface area is 103 Å². The van der Waals surface area contributed by atoms with Crippen molar-refractivity contribution in [2.75, 3.05) is 39.3 Å². The minimum absolute atomic E-state index is 0.132. The molecule has 0 saturated carbocycles. The standard InChI is InChI=1S/C13H21N3O/c1-2-13(17)16-8-3-4-12(16)5-9-15-10-6-14-7-11-15/h1,12,14H,3-11H2. The highest BCUT2D eigenvalue weighted by molar-refractivity contribution is 5.93. The van der Waals surface area contributed by atoms with E-state index in [-0.39, 0.29) is 5.91 Å². The summed E-state index contributed by atoms with van der Waals surface area (Å²) in [7, 11) is 0. The van der Waals surface area contributed by atoms with Gasteiger partial charge in [0.2, 0.25) is 0 Å². The Kier molecular flexibility index (Phi) is 4.41. The first-order valence-corrected chi connectivity index (χ1v) is 6.51. The summed E-state index contributed by atoms with van der Waals surface area (Å²) in [5, 5.41) is 3.35. The molecule has 94 valence electrons. The van der Waals surface area contributed by atoms with Crippen LogP contribution in [-0.4, -0.2) is 61.0 Å². The van der Waals surface area contributed by atoms with E-state index >= 15 is 0 Å². The molecule has 2 fully saturated rings. The first-order chi connectivity index (χ1) is 8.31. The second kappa shape index (κ2) is 6.04. The lowest BCUT2D eigenvalue weighted by atomic mass is 10.1. The van der Waals surface area contributed by atoms with Crippen LogP contribution >= 0.6 is 0 Å². The summed E-state index contributed by atoms with van der Waals surface area (Å²) in [6.45, 7) is 6.33. The van der Waals surface area contributed by atoms with E-state index in [9.17, 15) is 4.79 Å². The van der Waals surface area contributed by atoms with Crippen LogP contribution in [0.3, 0.4) is 0 Å². The van der Waals surface area contributed by atoms with Gasteiger partial charge < -0.3 is 15.1 Å². The van der Waals surface area contributed by atoms with Gasteiger partial charge in [-0.1, -0.05) is 0 Å². The number of carbonyl (C=O) groups is 1. The largest absolute Gasteiger partial charge is 0.329 e. The number of carbonyl (C=O) groups excluding carboxylic acids is 1. The Morgan fingerprint density at radius 2 is 2.12 bits per heavy atom. The number of terminal acetylenes is 1. The van der Waals surface area contributed by atoms with E-state index in [0.29, 0.717) is 6.04 Å². The molecule has 0 spiro atoms. The lowest BCUT2D eigenvalue weighted by Gasteiger charge is -2.30. The molecule has 1 unspecified atom stereocenters. The van der Waals surface area contributed by atoms with E-state index in [1.807, 2.05) is 4.90 Å². The van der Waals surface area contributed by atoms with Gasteiger partial charge in [-0.05, 0) is 25.2 Å². The lowest BCUT2D eigenvalue weighted by molar-refractivity contribution is -0.126. The first-order valence-electron chi connectivity index (χ1n) is 6.51. The highest BCUT2D eigenvalue weighted by atomic mass is 16.2. The predicted molar refractivity (Wildman–Crippen MR) is 67.5 cm³/mol.